The lowest BCUT2D eigenvalue weighted by atomic mass is 10.2. The molecule has 5 heteroatoms. The number of thiocarbonyl (C=S) groups is 1. The molecular weight excluding hydrogens is 277 g/mol. The molecule has 0 amide bonds. The molecule has 0 heterocycles. The minimum atomic E-state index is -0.452. The van der Waals surface area contributed by atoms with Crippen LogP contribution in [-0.4, -0.2) is 12.1 Å². The lowest BCUT2D eigenvalue weighted by Gasteiger charge is -2.13. The molecule has 0 saturated carbocycles. The van der Waals surface area contributed by atoms with Crippen molar-refractivity contribution in [1.29, 1.82) is 0 Å². The van der Waals surface area contributed by atoms with E-state index in [9.17, 15) is 4.39 Å². The minimum absolute atomic E-state index is 0.121. The molecule has 0 aliphatic heterocycles. The normalized spacial score (nSPS) is 10.2. The van der Waals surface area contributed by atoms with Gasteiger partial charge in [-0.15, -0.1) is 0 Å². The van der Waals surface area contributed by atoms with Gasteiger partial charge in [-0.3, -0.25) is 0 Å². The molecule has 2 aromatic carbocycles. The molecule has 0 saturated heterocycles. The number of methoxy groups -OCH3 is 1. The first-order valence-corrected chi connectivity index (χ1v) is 6.34. The van der Waals surface area contributed by atoms with E-state index in [-0.39, 0.29) is 10.7 Å². The van der Waals surface area contributed by atoms with Gasteiger partial charge < -0.3 is 15.2 Å². The van der Waals surface area contributed by atoms with Gasteiger partial charge in [-0.25, -0.2) is 4.39 Å². The highest BCUT2D eigenvalue weighted by Gasteiger charge is 2.12. The quantitative estimate of drug-likeness (QED) is 0.875. The average molecular weight is 291 g/mol. The number of rotatable bonds is 4. The van der Waals surface area contributed by atoms with Crippen molar-refractivity contribution in [2.45, 2.75) is 6.92 Å². The maximum Gasteiger partial charge on any atom is 0.165 e. The second-order valence-corrected chi connectivity index (χ2v) is 4.70. The highest BCUT2D eigenvalue weighted by atomic mass is 32.1. The SMILES string of the molecule is COc1ccc(C(N)=S)c(Oc2cc(C)ccc2F)c1. The lowest BCUT2D eigenvalue weighted by Crippen LogP contribution is -2.11. The van der Waals surface area contributed by atoms with Crippen LogP contribution in [0.15, 0.2) is 36.4 Å². The van der Waals surface area contributed by atoms with Crippen LogP contribution in [0.25, 0.3) is 0 Å². The summed E-state index contributed by atoms with van der Waals surface area (Å²) in [6.45, 7) is 1.85. The number of aryl methyl sites for hydroxylation is 1. The molecule has 2 aromatic rings. The highest BCUT2D eigenvalue weighted by Crippen LogP contribution is 2.31. The Morgan fingerprint density at radius 3 is 2.55 bits per heavy atom. The molecule has 0 aromatic heterocycles. The summed E-state index contributed by atoms with van der Waals surface area (Å²) >= 11 is 4.97. The van der Waals surface area contributed by atoms with Gasteiger partial charge in [0.15, 0.2) is 11.6 Å². The maximum atomic E-state index is 13.8. The van der Waals surface area contributed by atoms with Crippen LogP contribution in [0.4, 0.5) is 4.39 Å². The Labute approximate surface area is 122 Å². The number of nitrogens with two attached hydrogens (primary N) is 1. The van der Waals surface area contributed by atoms with E-state index in [2.05, 4.69) is 0 Å². The van der Waals surface area contributed by atoms with Gasteiger partial charge in [-0.05, 0) is 36.8 Å². The van der Waals surface area contributed by atoms with Crippen molar-refractivity contribution in [2.24, 2.45) is 5.73 Å². The fraction of sp³-hybridized carbons (Fsp3) is 0.133. The van der Waals surface area contributed by atoms with Crippen LogP contribution < -0.4 is 15.2 Å². The van der Waals surface area contributed by atoms with Gasteiger partial charge in [-0.2, -0.15) is 0 Å². The zero-order chi connectivity index (χ0) is 14.7. The van der Waals surface area contributed by atoms with E-state index >= 15 is 0 Å². The van der Waals surface area contributed by atoms with Crippen LogP contribution in [-0.2, 0) is 0 Å². The third kappa shape index (κ3) is 3.05. The predicted molar refractivity (Wildman–Crippen MR) is 80.1 cm³/mol. The number of benzene rings is 2. The second-order valence-electron chi connectivity index (χ2n) is 4.26. The van der Waals surface area contributed by atoms with E-state index < -0.39 is 5.82 Å². The van der Waals surface area contributed by atoms with Crippen LogP contribution in [0.5, 0.6) is 17.2 Å². The van der Waals surface area contributed by atoms with Gasteiger partial charge >= 0.3 is 0 Å². The van der Waals surface area contributed by atoms with Crippen LogP contribution in [0.2, 0.25) is 0 Å². The highest BCUT2D eigenvalue weighted by molar-refractivity contribution is 7.80. The first-order chi connectivity index (χ1) is 9.51. The van der Waals surface area contributed by atoms with Crippen molar-refractivity contribution < 1.29 is 13.9 Å². The largest absolute Gasteiger partial charge is 0.497 e. The number of hydrogen-bond acceptors (Lipinski definition) is 3. The zero-order valence-electron chi connectivity index (χ0n) is 11.1. The Morgan fingerprint density at radius 1 is 1.15 bits per heavy atom. The van der Waals surface area contributed by atoms with Crippen molar-refractivity contribution in [3.63, 3.8) is 0 Å². The summed E-state index contributed by atoms with van der Waals surface area (Å²) in [5.41, 5.74) is 7.06. The van der Waals surface area contributed by atoms with Crippen LogP contribution >= 0.6 is 12.2 Å². The molecule has 0 aliphatic rings. The van der Waals surface area contributed by atoms with E-state index in [1.807, 2.05) is 6.92 Å². The molecule has 0 spiro atoms. The Kier molecular flexibility index (Phi) is 4.20. The summed E-state index contributed by atoms with van der Waals surface area (Å²) in [6, 6.07) is 9.65. The summed E-state index contributed by atoms with van der Waals surface area (Å²) in [5, 5.41) is 0. The predicted octanol–water partition coefficient (Wildman–Crippen LogP) is 3.57. The molecular formula is C15H14FNO2S. The van der Waals surface area contributed by atoms with Gasteiger partial charge in [0, 0.05) is 6.07 Å². The van der Waals surface area contributed by atoms with Crippen molar-refractivity contribution in [3.05, 3.63) is 53.3 Å². The second kappa shape index (κ2) is 5.88. The first-order valence-electron chi connectivity index (χ1n) is 5.93. The molecule has 0 bridgehead atoms. The van der Waals surface area contributed by atoms with E-state index in [0.717, 1.165) is 5.56 Å². The molecule has 20 heavy (non-hydrogen) atoms. The van der Waals surface area contributed by atoms with E-state index in [1.54, 1.807) is 30.3 Å². The van der Waals surface area contributed by atoms with Gasteiger partial charge in [0.1, 0.15) is 16.5 Å². The van der Waals surface area contributed by atoms with Crippen LogP contribution in [0.1, 0.15) is 11.1 Å². The molecule has 0 radical (unpaired) electrons. The summed E-state index contributed by atoms with van der Waals surface area (Å²) in [6.07, 6.45) is 0. The molecule has 0 unspecified atom stereocenters. The molecule has 104 valence electrons. The van der Waals surface area contributed by atoms with Gasteiger partial charge in [0.2, 0.25) is 0 Å². The molecule has 3 nitrogen and oxygen atoms in total. The summed E-state index contributed by atoms with van der Waals surface area (Å²) in [5.74, 6) is 0.609. The third-order valence-corrected chi connectivity index (χ3v) is 2.98. The van der Waals surface area contributed by atoms with Crippen molar-refractivity contribution in [1.82, 2.24) is 0 Å². The van der Waals surface area contributed by atoms with Crippen LogP contribution in [0, 0.1) is 12.7 Å². The number of ether oxygens (including phenoxy) is 2. The molecule has 0 aliphatic carbocycles. The zero-order valence-corrected chi connectivity index (χ0v) is 12.0. The van der Waals surface area contributed by atoms with Crippen molar-refractivity contribution >= 4 is 17.2 Å². The van der Waals surface area contributed by atoms with Gasteiger partial charge in [0.25, 0.3) is 0 Å². The topological polar surface area (TPSA) is 44.5 Å². The smallest absolute Gasteiger partial charge is 0.165 e. The summed E-state index contributed by atoms with van der Waals surface area (Å²) in [7, 11) is 1.53. The molecule has 0 fully saturated rings. The fourth-order valence-electron chi connectivity index (χ4n) is 1.72. The van der Waals surface area contributed by atoms with Crippen LogP contribution in [0.3, 0.4) is 0 Å². The van der Waals surface area contributed by atoms with Gasteiger partial charge in [-0.1, -0.05) is 18.3 Å². The Hall–Kier alpha value is -2.14. The molecule has 2 N–H and O–H groups in total. The third-order valence-electron chi connectivity index (χ3n) is 2.76. The maximum absolute atomic E-state index is 13.8. The number of halogens is 1. The molecule has 0 atom stereocenters. The first kappa shape index (κ1) is 14.3. The lowest BCUT2D eigenvalue weighted by molar-refractivity contribution is 0.405. The Morgan fingerprint density at radius 2 is 1.90 bits per heavy atom. The number of hydrogen-bond donors (Lipinski definition) is 1. The Bertz CT molecular complexity index is 658. The standard InChI is InChI=1S/C15H14FNO2S/c1-9-3-6-12(16)14(7-9)19-13-8-10(18-2)4-5-11(13)15(17)20/h3-8H,1-2H3,(H2,17,20). The Balaban J connectivity index is 2.45. The van der Waals surface area contributed by atoms with Crippen molar-refractivity contribution in [2.75, 3.05) is 7.11 Å². The van der Waals surface area contributed by atoms with Gasteiger partial charge in [0.05, 0.1) is 12.7 Å². The minimum Gasteiger partial charge on any atom is -0.497 e. The van der Waals surface area contributed by atoms with Crippen molar-refractivity contribution in [3.8, 4) is 17.2 Å². The van der Waals surface area contributed by atoms with E-state index in [4.69, 9.17) is 27.4 Å². The average Bonchev–Trinajstić information content (AvgIpc) is 2.42. The monoisotopic (exact) mass is 291 g/mol. The summed E-state index contributed by atoms with van der Waals surface area (Å²) < 4.78 is 24.5. The van der Waals surface area contributed by atoms with E-state index in [1.165, 1.54) is 13.2 Å². The summed E-state index contributed by atoms with van der Waals surface area (Å²) in [4.78, 5) is 0.177. The fourth-order valence-corrected chi connectivity index (χ4v) is 1.89. The van der Waals surface area contributed by atoms with E-state index in [0.29, 0.717) is 17.1 Å². The molecule has 2 rings (SSSR count).